The molecule has 1 aromatic carbocycles. The summed E-state index contributed by atoms with van der Waals surface area (Å²) >= 11 is 0. The maximum Gasteiger partial charge on any atom is 0.0233 e. The number of nitrogens with one attached hydrogen (secondary N) is 1. The normalized spacial score (nSPS) is 23.8. The molecule has 0 aromatic heterocycles. The Balaban J connectivity index is 1.90. The van der Waals surface area contributed by atoms with Crippen LogP contribution in [0.2, 0.25) is 0 Å². The van der Waals surface area contributed by atoms with Crippen molar-refractivity contribution in [3.8, 4) is 0 Å². The number of benzene rings is 1. The predicted octanol–water partition coefficient (Wildman–Crippen LogP) is 3.27. The second kappa shape index (κ2) is 6.53. The summed E-state index contributed by atoms with van der Waals surface area (Å²) in [5.41, 5.74) is 4.24. The molecule has 2 nitrogen and oxygen atoms in total. The lowest BCUT2D eigenvalue weighted by Gasteiger charge is -2.34. The minimum Gasteiger partial charge on any atom is -0.317 e. The smallest absolute Gasteiger partial charge is 0.0233 e. The molecule has 1 saturated carbocycles. The highest BCUT2D eigenvalue weighted by Gasteiger charge is 2.22. The van der Waals surface area contributed by atoms with Crippen LogP contribution in [0.15, 0.2) is 18.2 Å². The molecule has 2 heteroatoms. The van der Waals surface area contributed by atoms with E-state index in [0.717, 1.165) is 18.6 Å². The van der Waals surface area contributed by atoms with E-state index in [1.54, 1.807) is 0 Å². The maximum absolute atomic E-state index is 3.41. The zero-order valence-electron chi connectivity index (χ0n) is 12.9. The Kier molecular flexibility index (Phi) is 5.00. The molecule has 106 valence electrons. The molecular weight excluding hydrogens is 232 g/mol. The van der Waals surface area contributed by atoms with Gasteiger partial charge < -0.3 is 5.32 Å². The fourth-order valence-corrected chi connectivity index (χ4v) is 3.12. The molecule has 0 atom stereocenters. The number of nitrogens with zero attached hydrogens (tertiary/aromatic N) is 1. The first kappa shape index (κ1) is 14.5. The first-order valence-corrected chi connectivity index (χ1v) is 7.53. The van der Waals surface area contributed by atoms with Crippen LogP contribution in [-0.2, 0) is 6.54 Å². The van der Waals surface area contributed by atoms with Crippen molar-refractivity contribution < 1.29 is 0 Å². The molecule has 0 saturated heterocycles. The molecule has 2 rings (SSSR count). The Morgan fingerprint density at radius 3 is 2.37 bits per heavy atom. The zero-order valence-corrected chi connectivity index (χ0v) is 12.9. The van der Waals surface area contributed by atoms with Gasteiger partial charge in [-0.05, 0) is 70.3 Å². The largest absolute Gasteiger partial charge is 0.317 e. The zero-order chi connectivity index (χ0) is 13.8. The molecule has 1 fully saturated rings. The average molecular weight is 260 g/mol. The van der Waals surface area contributed by atoms with Crippen molar-refractivity contribution in [2.75, 3.05) is 14.1 Å². The SMILES string of the molecule is CNC1CCC(N(C)Cc2ccc(C)c(C)c2)CC1. The molecule has 1 aliphatic carbocycles. The van der Waals surface area contributed by atoms with Crippen LogP contribution in [0.5, 0.6) is 0 Å². The van der Waals surface area contributed by atoms with Crippen LogP contribution in [0, 0.1) is 13.8 Å². The van der Waals surface area contributed by atoms with E-state index in [2.05, 4.69) is 56.4 Å². The fourth-order valence-electron chi connectivity index (χ4n) is 3.12. The van der Waals surface area contributed by atoms with Crippen LogP contribution >= 0.6 is 0 Å². The van der Waals surface area contributed by atoms with Gasteiger partial charge in [0.1, 0.15) is 0 Å². The van der Waals surface area contributed by atoms with Gasteiger partial charge in [-0.15, -0.1) is 0 Å². The van der Waals surface area contributed by atoms with Gasteiger partial charge in [-0.25, -0.2) is 0 Å². The Labute approximate surface area is 118 Å². The molecule has 1 aromatic rings. The number of aryl methyl sites for hydroxylation is 2. The van der Waals surface area contributed by atoms with Gasteiger partial charge in [0, 0.05) is 18.6 Å². The van der Waals surface area contributed by atoms with E-state index in [1.807, 2.05) is 0 Å². The summed E-state index contributed by atoms with van der Waals surface area (Å²) in [6.45, 7) is 5.47. The molecule has 19 heavy (non-hydrogen) atoms. The van der Waals surface area contributed by atoms with E-state index in [1.165, 1.54) is 42.4 Å². The number of rotatable bonds is 4. The minimum absolute atomic E-state index is 0.742. The lowest BCUT2D eigenvalue weighted by Crippen LogP contribution is -2.39. The van der Waals surface area contributed by atoms with E-state index in [-0.39, 0.29) is 0 Å². The van der Waals surface area contributed by atoms with Crippen molar-refractivity contribution in [3.63, 3.8) is 0 Å². The Morgan fingerprint density at radius 2 is 1.79 bits per heavy atom. The third kappa shape index (κ3) is 3.80. The first-order valence-electron chi connectivity index (χ1n) is 7.53. The monoisotopic (exact) mass is 260 g/mol. The summed E-state index contributed by atoms with van der Waals surface area (Å²) in [6, 6.07) is 8.36. The van der Waals surface area contributed by atoms with Crippen LogP contribution in [-0.4, -0.2) is 31.1 Å². The molecule has 0 aliphatic heterocycles. The molecule has 0 radical (unpaired) electrons. The lowest BCUT2D eigenvalue weighted by molar-refractivity contribution is 0.170. The van der Waals surface area contributed by atoms with E-state index >= 15 is 0 Å². The summed E-state index contributed by atoms with van der Waals surface area (Å²) in [5.74, 6) is 0. The standard InChI is InChI=1S/C17H28N2/c1-13-5-6-15(11-14(13)2)12-19(4)17-9-7-16(18-3)8-10-17/h5-6,11,16-18H,7-10,12H2,1-4H3. The van der Waals surface area contributed by atoms with E-state index < -0.39 is 0 Å². The highest BCUT2D eigenvalue weighted by Crippen LogP contribution is 2.23. The van der Waals surface area contributed by atoms with Crippen LogP contribution in [0.1, 0.15) is 42.4 Å². The molecule has 1 aliphatic rings. The quantitative estimate of drug-likeness (QED) is 0.894. The van der Waals surface area contributed by atoms with Crippen molar-refractivity contribution in [1.29, 1.82) is 0 Å². The third-order valence-electron chi connectivity index (χ3n) is 4.73. The van der Waals surface area contributed by atoms with Gasteiger partial charge in [-0.3, -0.25) is 4.90 Å². The van der Waals surface area contributed by atoms with Crippen molar-refractivity contribution in [3.05, 3.63) is 34.9 Å². The average Bonchev–Trinajstić information content (AvgIpc) is 2.43. The van der Waals surface area contributed by atoms with Crippen molar-refractivity contribution in [1.82, 2.24) is 10.2 Å². The van der Waals surface area contributed by atoms with E-state index in [0.29, 0.717) is 0 Å². The Hall–Kier alpha value is -0.860. The number of hydrogen-bond acceptors (Lipinski definition) is 2. The molecule has 1 N–H and O–H groups in total. The Morgan fingerprint density at radius 1 is 1.11 bits per heavy atom. The van der Waals surface area contributed by atoms with Crippen molar-refractivity contribution >= 4 is 0 Å². The van der Waals surface area contributed by atoms with Gasteiger partial charge >= 0.3 is 0 Å². The first-order chi connectivity index (χ1) is 9.10. The molecular formula is C17H28N2. The van der Waals surface area contributed by atoms with Crippen LogP contribution in [0.3, 0.4) is 0 Å². The maximum atomic E-state index is 3.41. The summed E-state index contributed by atoms with van der Waals surface area (Å²) in [7, 11) is 4.36. The van der Waals surface area contributed by atoms with Crippen molar-refractivity contribution in [2.24, 2.45) is 0 Å². The number of hydrogen-bond donors (Lipinski definition) is 1. The minimum atomic E-state index is 0.742. The molecule has 0 amide bonds. The second-order valence-electron chi connectivity index (χ2n) is 6.13. The van der Waals surface area contributed by atoms with Crippen LogP contribution in [0.4, 0.5) is 0 Å². The van der Waals surface area contributed by atoms with Crippen LogP contribution < -0.4 is 5.32 Å². The summed E-state index contributed by atoms with van der Waals surface area (Å²) < 4.78 is 0. The van der Waals surface area contributed by atoms with Gasteiger partial charge in [-0.2, -0.15) is 0 Å². The van der Waals surface area contributed by atoms with Crippen molar-refractivity contribution in [2.45, 2.75) is 58.2 Å². The van der Waals surface area contributed by atoms with Gasteiger partial charge in [0.2, 0.25) is 0 Å². The predicted molar refractivity (Wildman–Crippen MR) is 82.5 cm³/mol. The molecule has 0 heterocycles. The topological polar surface area (TPSA) is 15.3 Å². The fraction of sp³-hybridized carbons (Fsp3) is 0.647. The van der Waals surface area contributed by atoms with Gasteiger partial charge in [0.05, 0.1) is 0 Å². The summed E-state index contributed by atoms with van der Waals surface area (Å²) in [4.78, 5) is 2.54. The van der Waals surface area contributed by atoms with E-state index in [4.69, 9.17) is 0 Å². The molecule has 0 unspecified atom stereocenters. The van der Waals surface area contributed by atoms with Crippen LogP contribution in [0.25, 0.3) is 0 Å². The highest BCUT2D eigenvalue weighted by atomic mass is 15.1. The van der Waals surface area contributed by atoms with Gasteiger partial charge in [0.15, 0.2) is 0 Å². The van der Waals surface area contributed by atoms with Gasteiger partial charge in [0.25, 0.3) is 0 Å². The molecule has 0 bridgehead atoms. The second-order valence-corrected chi connectivity index (χ2v) is 6.13. The Bertz CT molecular complexity index is 406. The highest BCUT2D eigenvalue weighted by molar-refractivity contribution is 5.29. The van der Waals surface area contributed by atoms with E-state index in [9.17, 15) is 0 Å². The summed E-state index contributed by atoms with van der Waals surface area (Å²) in [6.07, 6.45) is 5.29. The third-order valence-corrected chi connectivity index (χ3v) is 4.73. The lowest BCUT2D eigenvalue weighted by atomic mass is 9.90. The van der Waals surface area contributed by atoms with Gasteiger partial charge in [-0.1, -0.05) is 18.2 Å². The summed E-state index contributed by atoms with van der Waals surface area (Å²) in [5, 5.41) is 3.41. The molecule has 0 spiro atoms.